The van der Waals surface area contributed by atoms with Crippen molar-refractivity contribution in [3.63, 3.8) is 0 Å². The quantitative estimate of drug-likeness (QED) is 0.824. The molecule has 2 saturated heterocycles. The van der Waals surface area contributed by atoms with Gasteiger partial charge < -0.3 is 14.5 Å². The Balaban J connectivity index is 1.32. The number of nitriles is 1. The highest BCUT2D eigenvalue weighted by molar-refractivity contribution is 6.00. The fourth-order valence-corrected chi connectivity index (χ4v) is 3.40. The van der Waals surface area contributed by atoms with Crippen LogP contribution in [0.15, 0.2) is 48.7 Å². The van der Waals surface area contributed by atoms with Crippen LogP contribution in [-0.4, -0.2) is 47.4 Å². The fourth-order valence-electron chi connectivity index (χ4n) is 3.40. The number of benzene rings is 1. The van der Waals surface area contributed by atoms with Crippen molar-refractivity contribution >= 4 is 17.5 Å². The van der Waals surface area contributed by atoms with Crippen molar-refractivity contribution in [1.82, 2.24) is 9.88 Å². The van der Waals surface area contributed by atoms with Gasteiger partial charge >= 0.3 is 0 Å². The molecular formula is C20H18N4O3. The number of para-hydroxylation sites is 1. The minimum Gasteiger partial charge on any atom is -0.471 e. The Kier molecular flexibility index (Phi) is 4.47. The van der Waals surface area contributed by atoms with Gasteiger partial charge in [0.1, 0.15) is 6.10 Å². The monoisotopic (exact) mass is 362 g/mol. The zero-order valence-corrected chi connectivity index (χ0v) is 14.6. The molecule has 7 nitrogen and oxygen atoms in total. The third-order valence-corrected chi connectivity index (χ3v) is 4.85. The molecule has 2 fully saturated rings. The zero-order valence-electron chi connectivity index (χ0n) is 14.6. The van der Waals surface area contributed by atoms with Gasteiger partial charge in [-0.05, 0) is 18.2 Å². The summed E-state index contributed by atoms with van der Waals surface area (Å²) < 4.78 is 5.71. The SMILES string of the molecule is N#Cc1ccnc(OC2CN(C(=O)C3CC(=O)N(c4ccccc4)C3)C2)c1. The Hall–Kier alpha value is -3.40. The predicted octanol–water partition coefficient (Wildman–Crippen LogP) is 1.60. The van der Waals surface area contributed by atoms with Gasteiger partial charge in [-0.2, -0.15) is 5.26 Å². The van der Waals surface area contributed by atoms with Gasteiger partial charge in [-0.3, -0.25) is 9.59 Å². The average Bonchev–Trinajstić information content (AvgIpc) is 3.06. The molecule has 2 aliphatic rings. The van der Waals surface area contributed by atoms with Crippen molar-refractivity contribution in [2.75, 3.05) is 24.5 Å². The second-order valence-corrected chi connectivity index (χ2v) is 6.72. The first kappa shape index (κ1) is 17.0. The molecule has 2 amide bonds. The Morgan fingerprint density at radius 1 is 1.19 bits per heavy atom. The summed E-state index contributed by atoms with van der Waals surface area (Å²) in [4.78, 5) is 32.4. The molecule has 0 radical (unpaired) electrons. The van der Waals surface area contributed by atoms with E-state index in [0.29, 0.717) is 31.1 Å². The number of anilines is 1. The van der Waals surface area contributed by atoms with Crippen LogP contribution in [0.5, 0.6) is 5.88 Å². The summed E-state index contributed by atoms with van der Waals surface area (Å²) in [7, 11) is 0. The molecule has 0 aliphatic carbocycles. The molecule has 1 aromatic heterocycles. The molecule has 2 aliphatic heterocycles. The van der Waals surface area contributed by atoms with Crippen LogP contribution >= 0.6 is 0 Å². The Morgan fingerprint density at radius 3 is 2.70 bits per heavy atom. The van der Waals surface area contributed by atoms with E-state index in [9.17, 15) is 9.59 Å². The van der Waals surface area contributed by atoms with Gasteiger partial charge in [0.25, 0.3) is 0 Å². The molecule has 2 aromatic rings. The Bertz CT molecular complexity index is 903. The van der Waals surface area contributed by atoms with Crippen LogP contribution in [0.25, 0.3) is 0 Å². The number of carbonyl (C=O) groups excluding carboxylic acids is 2. The minimum absolute atomic E-state index is 0.0136. The number of ether oxygens (including phenoxy) is 1. The van der Waals surface area contributed by atoms with E-state index in [1.54, 1.807) is 21.9 Å². The van der Waals surface area contributed by atoms with Crippen molar-refractivity contribution in [2.24, 2.45) is 5.92 Å². The van der Waals surface area contributed by atoms with Gasteiger partial charge in [0.05, 0.1) is 30.6 Å². The van der Waals surface area contributed by atoms with Crippen LogP contribution in [0.1, 0.15) is 12.0 Å². The van der Waals surface area contributed by atoms with Crippen LogP contribution in [-0.2, 0) is 9.59 Å². The molecule has 0 saturated carbocycles. The summed E-state index contributed by atoms with van der Waals surface area (Å²) >= 11 is 0. The number of nitrogens with zero attached hydrogens (tertiary/aromatic N) is 4. The number of aromatic nitrogens is 1. The maximum absolute atomic E-state index is 12.7. The van der Waals surface area contributed by atoms with Crippen LogP contribution in [0, 0.1) is 17.2 Å². The van der Waals surface area contributed by atoms with Gasteiger partial charge in [-0.1, -0.05) is 18.2 Å². The van der Waals surface area contributed by atoms with E-state index in [1.165, 1.54) is 6.20 Å². The van der Waals surface area contributed by atoms with Crippen LogP contribution in [0.2, 0.25) is 0 Å². The summed E-state index contributed by atoms with van der Waals surface area (Å²) in [5.41, 5.74) is 1.31. The smallest absolute Gasteiger partial charge is 0.228 e. The van der Waals surface area contributed by atoms with Gasteiger partial charge in [-0.25, -0.2) is 4.98 Å². The lowest BCUT2D eigenvalue weighted by molar-refractivity contribution is -0.144. The predicted molar refractivity (Wildman–Crippen MR) is 96.9 cm³/mol. The minimum atomic E-state index is -0.321. The molecular weight excluding hydrogens is 344 g/mol. The van der Waals surface area contributed by atoms with Crippen LogP contribution in [0.4, 0.5) is 5.69 Å². The average molecular weight is 362 g/mol. The molecule has 4 rings (SSSR count). The maximum Gasteiger partial charge on any atom is 0.228 e. The zero-order chi connectivity index (χ0) is 18.8. The summed E-state index contributed by atoms with van der Waals surface area (Å²) in [6, 6.07) is 14.6. The van der Waals surface area contributed by atoms with Crippen molar-refractivity contribution in [3.05, 3.63) is 54.2 Å². The largest absolute Gasteiger partial charge is 0.471 e. The van der Waals surface area contributed by atoms with Crippen molar-refractivity contribution in [1.29, 1.82) is 5.26 Å². The number of amides is 2. The summed E-state index contributed by atoms with van der Waals surface area (Å²) in [5, 5.41) is 8.91. The van der Waals surface area contributed by atoms with E-state index in [0.717, 1.165) is 5.69 Å². The standard InChI is InChI=1S/C20H18N4O3/c21-10-14-6-7-22-18(8-14)27-17-12-23(13-17)20(26)15-9-19(25)24(11-15)16-4-2-1-3-5-16/h1-8,15,17H,9,11-13H2. The molecule has 1 unspecified atom stereocenters. The highest BCUT2D eigenvalue weighted by Crippen LogP contribution is 2.28. The topological polar surface area (TPSA) is 86.5 Å². The molecule has 1 atom stereocenters. The molecule has 136 valence electrons. The highest BCUT2D eigenvalue weighted by Gasteiger charge is 2.41. The molecule has 0 bridgehead atoms. The van der Waals surface area contributed by atoms with E-state index >= 15 is 0 Å². The van der Waals surface area contributed by atoms with E-state index in [1.807, 2.05) is 36.4 Å². The number of pyridine rings is 1. The van der Waals surface area contributed by atoms with E-state index in [-0.39, 0.29) is 30.3 Å². The molecule has 27 heavy (non-hydrogen) atoms. The number of hydrogen-bond acceptors (Lipinski definition) is 5. The van der Waals surface area contributed by atoms with Gasteiger partial charge in [0, 0.05) is 30.9 Å². The molecule has 0 spiro atoms. The van der Waals surface area contributed by atoms with E-state index < -0.39 is 0 Å². The first-order valence-corrected chi connectivity index (χ1v) is 8.81. The first-order chi connectivity index (χ1) is 13.1. The fraction of sp³-hybridized carbons (Fsp3) is 0.300. The number of hydrogen-bond donors (Lipinski definition) is 0. The molecule has 3 heterocycles. The first-order valence-electron chi connectivity index (χ1n) is 8.81. The normalized spacial score (nSPS) is 19.5. The summed E-state index contributed by atoms with van der Waals surface area (Å²) in [6.07, 6.45) is 1.62. The van der Waals surface area contributed by atoms with Crippen molar-refractivity contribution in [3.8, 4) is 11.9 Å². The molecule has 1 aromatic carbocycles. The number of rotatable bonds is 4. The van der Waals surface area contributed by atoms with Gasteiger partial charge in [0.2, 0.25) is 17.7 Å². The number of carbonyl (C=O) groups is 2. The van der Waals surface area contributed by atoms with Gasteiger partial charge in [-0.15, -0.1) is 0 Å². The third-order valence-electron chi connectivity index (χ3n) is 4.85. The van der Waals surface area contributed by atoms with Crippen LogP contribution < -0.4 is 9.64 Å². The Morgan fingerprint density at radius 2 is 1.96 bits per heavy atom. The lowest BCUT2D eigenvalue weighted by Gasteiger charge is -2.39. The maximum atomic E-state index is 12.7. The van der Waals surface area contributed by atoms with Crippen molar-refractivity contribution < 1.29 is 14.3 Å². The van der Waals surface area contributed by atoms with E-state index in [2.05, 4.69) is 4.98 Å². The lowest BCUT2D eigenvalue weighted by Crippen LogP contribution is -2.57. The molecule has 7 heteroatoms. The summed E-state index contributed by atoms with van der Waals surface area (Å²) in [6.45, 7) is 1.34. The van der Waals surface area contributed by atoms with Crippen LogP contribution in [0.3, 0.4) is 0 Å². The number of likely N-dealkylation sites (tertiary alicyclic amines) is 1. The highest BCUT2D eigenvalue weighted by atomic mass is 16.5. The molecule has 0 N–H and O–H groups in total. The summed E-state index contributed by atoms with van der Waals surface area (Å²) in [5.74, 6) is 0.0295. The Labute approximate surface area is 156 Å². The second kappa shape index (κ2) is 7.08. The third kappa shape index (κ3) is 3.47. The van der Waals surface area contributed by atoms with Crippen molar-refractivity contribution in [2.45, 2.75) is 12.5 Å². The van der Waals surface area contributed by atoms with E-state index in [4.69, 9.17) is 10.00 Å². The lowest BCUT2D eigenvalue weighted by atomic mass is 10.0. The second-order valence-electron chi connectivity index (χ2n) is 6.72. The van der Waals surface area contributed by atoms with Gasteiger partial charge in [0.15, 0.2) is 0 Å².